The Hall–Kier alpha value is -2.97. The molecular weight excluding hydrogens is 406 g/mol. The summed E-state index contributed by atoms with van der Waals surface area (Å²) in [6.45, 7) is 5.28. The topological polar surface area (TPSA) is 72.7 Å². The van der Waals surface area contributed by atoms with Crippen LogP contribution in [0.1, 0.15) is 34.9 Å². The first-order chi connectivity index (χ1) is 15.7. The van der Waals surface area contributed by atoms with Crippen molar-refractivity contribution >= 4 is 16.7 Å². The second-order valence-corrected chi connectivity index (χ2v) is 8.47. The maximum atomic E-state index is 12.6. The van der Waals surface area contributed by atoms with Crippen molar-refractivity contribution in [2.24, 2.45) is 0 Å². The fraction of sp³-hybridized carbons (Fsp3) is 0.458. The average molecular weight is 436 g/mol. The Kier molecular flexibility index (Phi) is 6.05. The van der Waals surface area contributed by atoms with Gasteiger partial charge in [-0.3, -0.25) is 9.69 Å². The predicted molar refractivity (Wildman–Crippen MR) is 121 cm³/mol. The number of likely N-dealkylation sites (tertiary alicyclic amines) is 1. The van der Waals surface area contributed by atoms with Gasteiger partial charge in [-0.2, -0.15) is 0 Å². The number of hydrogen-bond acceptors (Lipinski definition) is 6. The van der Waals surface area contributed by atoms with Gasteiger partial charge in [0.25, 0.3) is 5.91 Å². The van der Waals surface area contributed by atoms with Gasteiger partial charge in [-0.1, -0.05) is 35.5 Å². The van der Waals surface area contributed by atoms with Crippen LogP contribution in [-0.4, -0.2) is 77.2 Å². The summed E-state index contributed by atoms with van der Waals surface area (Å²) in [5, 5.41) is 10.8. The van der Waals surface area contributed by atoms with E-state index in [0.29, 0.717) is 32.0 Å². The van der Waals surface area contributed by atoms with Crippen molar-refractivity contribution < 1.29 is 14.3 Å². The van der Waals surface area contributed by atoms with E-state index in [1.54, 1.807) is 12.0 Å². The number of nitrogens with zero attached hydrogens (tertiary/aromatic N) is 5. The van der Waals surface area contributed by atoms with E-state index in [1.165, 1.54) is 10.9 Å². The number of carbonyl (C=O) groups is 1. The standard InChI is InChI=1S/C24H29N5O3/c1-31-23-7-6-18(20-4-2-3-5-21(20)23)16-27-10-8-19(9-11-27)29-17-22(25-26-29)24(30)28-12-14-32-15-13-28/h2-7,17,19H,8-16H2,1H3. The van der Waals surface area contributed by atoms with Crippen LogP contribution in [0.3, 0.4) is 0 Å². The molecule has 2 aliphatic rings. The summed E-state index contributed by atoms with van der Waals surface area (Å²) in [5.74, 6) is 0.861. The van der Waals surface area contributed by atoms with Crippen LogP contribution in [0, 0.1) is 0 Å². The molecule has 0 atom stereocenters. The first kappa shape index (κ1) is 20.9. The Balaban J connectivity index is 1.21. The molecule has 2 saturated heterocycles. The lowest BCUT2D eigenvalue weighted by molar-refractivity contribution is 0.0299. The first-order valence-corrected chi connectivity index (χ1v) is 11.3. The average Bonchev–Trinajstić information content (AvgIpc) is 3.35. The van der Waals surface area contributed by atoms with Crippen molar-refractivity contribution in [1.82, 2.24) is 24.8 Å². The lowest BCUT2D eigenvalue weighted by Gasteiger charge is -2.32. The van der Waals surface area contributed by atoms with Crippen LogP contribution in [0.4, 0.5) is 0 Å². The number of morpholine rings is 1. The van der Waals surface area contributed by atoms with Crippen LogP contribution in [-0.2, 0) is 11.3 Å². The van der Waals surface area contributed by atoms with E-state index < -0.39 is 0 Å². The van der Waals surface area contributed by atoms with Gasteiger partial charge >= 0.3 is 0 Å². The number of rotatable bonds is 5. The molecule has 168 valence electrons. The lowest BCUT2D eigenvalue weighted by atomic mass is 10.0. The number of hydrogen-bond donors (Lipinski definition) is 0. The molecule has 3 heterocycles. The van der Waals surface area contributed by atoms with Crippen LogP contribution < -0.4 is 4.74 Å². The van der Waals surface area contributed by atoms with Crippen LogP contribution in [0.15, 0.2) is 42.6 Å². The van der Waals surface area contributed by atoms with Gasteiger partial charge in [0.1, 0.15) is 5.75 Å². The highest BCUT2D eigenvalue weighted by Gasteiger charge is 2.25. The zero-order valence-electron chi connectivity index (χ0n) is 18.4. The SMILES string of the molecule is COc1ccc(CN2CCC(n3cc(C(=O)N4CCOCC4)nn3)CC2)c2ccccc12. The summed E-state index contributed by atoms with van der Waals surface area (Å²) in [5.41, 5.74) is 1.75. The third-order valence-corrected chi connectivity index (χ3v) is 6.55. The molecule has 8 heteroatoms. The smallest absolute Gasteiger partial charge is 0.276 e. The van der Waals surface area contributed by atoms with Gasteiger partial charge in [0.05, 0.1) is 32.6 Å². The summed E-state index contributed by atoms with van der Waals surface area (Å²) in [4.78, 5) is 16.9. The normalized spacial score (nSPS) is 18.2. The van der Waals surface area contributed by atoms with Crippen LogP contribution in [0.5, 0.6) is 5.75 Å². The fourth-order valence-corrected chi connectivity index (χ4v) is 4.71. The molecule has 8 nitrogen and oxygen atoms in total. The Labute approximate surface area is 187 Å². The van der Waals surface area contributed by atoms with E-state index >= 15 is 0 Å². The predicted octanol–water partition coefficient (Wildman–Crippen LogP) is 2.75. The highest BCUT2D eigenvalue weighted by molar-refractivity contribution is 5.92. The number of benzene rings is 2. The number of methoxy groups -OCH3 is 1. The van der Waals surface area contributed by atoms with Gasteiger partial charge in [0.15, 0.2) is 5.69 Å². The van der Waals surface area contributed by atoms with E-state index in [9.17, 15) is 4.79 Å². The Morgan fingerprint density at radius 2 is 1.81 bits per heavy atom. The number of fused-ring (bicyclic) bond motifs is 1. The van der Waals surface area contributed by atoms with Crippen molar-refractivity contribution in [3.8, 4) is 5.75 Å². The Bertz CT molecular complexity index is 1080. The molecular formula is C24H29N5O3. The molecule has 1 aromatic heterocycles. The number of amides is 1. The molecule has 0 spiro atoms. The molecule has 0 saturated carbocycles. The molecule has 2 aliphatic heterocycles. The fourth-order valence-electron chi connectivity index (χ4n) is 4.71. The van der Waals surface area contributed by atoms with Crippen LogP contribution in [0.2, 0.25) is 0 Å². The third kappa shape index (κ3) is 4.20. The van der Waals surface area contributed by atoms with Crippen LogP contribution >= 0.6 is 0 Å². The van der Waals surface area contributed by atoms with Crippen molar-refractivity contribution in [1.29, 1.82) is 0 Å². The van der Waals surface area contributed by atoms with Crippen molar-refractivity contribution in [3.63, 3.8) is 0 Å². The third-order valence-electron chi connectivity index (χ3n) is 6.55. The largest absolute Gasteiger partial charge is 0.496 e. The van der Waals surface area contributed by atoms with Crippen molar-refractivity contribution in [2.45, 2.75) is 25.4 Å². The monoisotopic (exact) mass is 435 g/mol. The molecule has 0 unspecified atom stereocenters. The minimum atomic E-state index is -0.0524. The molecule has 0 N–H and O–H groups in total. The molecule has 32 heavy (non-hydrogen) atoms. The van der Waals surface area contributed by atoms with Crippen molar-refractivity contribution in [3.05, 3.63) is 53.9 Å². The lowest BCUT2D eigenvalue weighted by Crippen LogP contribution is -2.40. The summed E-state index contributed by atoms with van der Waals surface area (Å²) < 4.78 is 12.7. The highest BCUT2D eigenvalue weighted by atomic mass is 16.5. The molecule has 1 amide bonds. The van der Waals surface area contributed by atoms with Crippen LogP contribution in [0.25, 0.3) is 10.8 Å². The Morgan fingerprint density at radius 1 is 1.06 bits per heavy atom. The van der Waals surface area contributed by atoms with Gasteiger partial charge in [-0.25, -0.2) is 4.68 Å². The van der Waals surface area contributed by atoms with Gasteiger partial charge in [-0.15, -0.1) is 5.10 Å². The maximum absolute atomic E-state index is 12.6. The summed E-state index contributed by atoms with van der Waals surface area (Å²) >= 11 is 0. The molecule has 2 fully saturated rings. The van der Waals surface area contributed by atoms with E-state index in [-0.39, 0.29) is 11.9 Å². The molecule has 0 aliphatic carbocycles. The van der Waals surface area contributed by atoms with E-state index in [1.807, 2.05) is 10.9 Å². The number of ether oxygens (including phenoxy) is 2. The second kappa shape index (κ2) is 9.26. The summed E-state index contributed by atoms with van der Waals surface area (Å²) in [7, 11) is 1.72. The van der Waals surface area contributed by atoms with Gasteiger partial charge in [-0.05, 0) is 29.9 Å². The van der Waals surface area contributed by atoms with Gasteiger partial charge < -0.3 is 14.4 Å². The number of piperidine rings is 1. The second-order valence-electron chi connectivity index (χ2n) is 8.47. The molecule has 3 aromatic rings. The minimum absolute atomic E-state index is 0.0524. The van der Waals surface area contributed by atoms with Gasteiger partial charge in [0, 0.05) is 38.1 Å². The quantitative estimate of drug-likeness (QED) is 0.614. The van der Waals surface area contributed by atoms with E-state index in [4.69, 9.17) is 9.47 Å². The van der Waals surface area contributed by atoms with Gasteiger partial charge in [0.2, 0.25) is 0 Å². The minimum Gasteiger partial charge on any atom is -0.496 e. The Morgan fingerprint density at radius 3 is 2.56 bits per heavy atom. The zero-order chi connectivity index (χ0) is 21.9. The molecule has 2 aromatic carbocycles. The zero-order valence-corrected chi connectivity index (χ0v) is 18.4. The first-order valence-electron chi connectivity index (χ1n) is 11.3. The highest BCUT2D eigenvalue weighted by Crippen LogP contribution is 2.30. The van der Waals surface area contributed by atoms with E-state index in [2.05, 4.69) is 51.6 Å². The summed E-state index contributed by atoms with van der Waals surface area (Å²) in [6.07, 6.45) is 3.79. The molecule has 5 rings (SSSR count). The number of carbonyl (C=O) groups excluding carboxylic acids is 1. The number of aromatic nitrogens is 3. The maximum Gasteiger partial charge on any atom is 0.276 e. The summed E-state index contributed by atoms with van der Waals surface area (Å²) in [6, 6.07) is 12.9. The van der Waals surface area contributed by atoms with Crippen molar-refractivity contribution in [2.75, 3.05) is 46.5 Å². The molecule has 0 radical (unpaired) electrons. The van der Waals surface area contributed by atoms with E-state index in [0.717, 1.165) is 43.6 Å². The molecule has 0 bridgehead atoms.